The van der Waals surface area contributed by atoms with Crippen molar-refractivity contribution in [3.8, 4) is 0 Å². The normalized spacial score (nSPS) is 33.3. The van der Waals surface area contributed by atoms with E-state index in [4.69, 9.17) is 4.74 Å². The smallest absolute Gasteiger partial charge is 0.0659 e. The highest BCUT2D eigenvalue weighted by molar-refractivity contribution is 5.24. The average molecular weight is 208 g/mol. The standard InChI is InChI=1S/C14H24O/c1-13(2,15-5)9-10-6-7-11-8-12(10)14(11,3)4/h6,11-12H,7-9H2,1-5H3/t11-,12-/m0/s1. The van der Waals surface area contributed by atoms with Crippen LogP contribution in [-0.2, 0) is 4.74 Å². The van der Waals surface area contributed by atoms with Crippen molar-refractivity contribution in [1.29, 1.82) is 0 Å². The van der Waals surface area contributed by atoms with Crippen LogP contribution in [0.25, 0.3) is 0 Å². The summed E-state index contributed by atoms with van der Waals surface area (Å²) >= 11 is 0. The maximum atomic E-state index is 5.53. The molecule has 86 valence electrons. The Labute approximate surface area is 93.9 Å². The molecule has 0 spiro atoms. The molecule has 0 aliphatic heterocycles. The van der Waals surface area contributed by atoms with Crippen LogP contribution in [0, 0.1) is 17.3 Å². The Bertz CT molecular complexity index is 286. The molecule has 2 bridgehead atoms. The van der Waals surface area contributed by atoms with Crippen molar-refractivity contribution in [2.75, 3.05) is 7.11 Å². The molecule has 1 saturated carbocycles. The first kappa shape index (κ1) is 11.2. The monoisotopic (exact) mass is 208 g/mol. The molecule has 0 radical (unpaired) electrons. The van der Waals surface area contributed by atoms with Gasteiger partial charge >= 0.3 is 0 Å². The third kappa shape index (κ3) is 1.75. The molecule has 0 unspecified atom stereocenters. The van der Waals surface area contributed by atoms with E-state index in [1.54, 1.807) is 5.57 Å². The first-order valence-corrected chi connectivity index (χ1v) is 6.11. The number of hydrogen-bond donors (Lipinski definition) is 0. The van der Waals surface area contributed by atoms with Gasteiger partial charge in [0.2, 0.25) is 0 Å². The van der Waals surface area contributed by atoms with Crippen molar-refractivity contribution in [2.45, 2.75) is 52.6 Å². The summed E-state index contributed by atoms with van der Waals surface area (Å²) < 4.78 is 5.53. The van der Waals surface area contributed by atoms with Crippen molar-refractivity contribution in [2.24, 2.45) is 17.3 Å². The van der Waals surface area contributed by atoms with Gasteiger partial charge in [-0.2, -0.15) is 0 Å². The van der Waals surface area contributed by atoms with Crippen LogP contribution in [-0.4, -0.2) is 12.7 Å². The van der Waals surface area contributed by atoms with Crippen LogP contribution in [0.5, 0.6) is 0 Å². The molecule has 0 N–H and O–H groups in total. The Morgan fingerprint density at radius 1 is 1.47 bits per heavy atom. The summed E-state index contributed by atoms with van der Waals surface area (Å²) in [5, 5.41) is 0. The van der Waals surface area contributed by atoms with Crippen molar-refractivity contribution in [1.82, 2.24) is 0 Å². The van der Waals surface area contributed by atoms with E-state index >= 15 is 0 Å². The highest BCUT2D eigenvalue weighted by atomic mass is 16.5. The molecule has 0 heterocycles. The topological polar surface area (TPSA) is 9.23 Å². The summed E-state index contributed by atoms with van der Waals surface area (Å²) in [7, 11) is 1.82. The predicted molar refractivity (Wildman–Crippen MR) is 63.8 cm³/mol. The highest BCUT2D eigenvalue weighted by Crippen LogP contribution is 2.60. The van der Waals surface area contributed by atoms with Gasteiger partial charge in [-0.05, 0) is 50.4 Å². The maximum Gasteiger partial charge on any atom is 0.0659 e. The van der Waals surface area contributed by atoms with E-state index in [-0.39, 0.29) is 5.60 Å². The van der Waals surface area contributed by atoms with Crippen LogP contribution in [0.3, 0.4) is 0 Å². The lowest BCUT2D eigenvalue weighted by Crippen LogP contribution is -2.49. The summed E-state index contributed by atoms with van der Waals surface area (Å²) in [4.78, 5) is 0. The lowest BCUT2D eigenvalue weighted by molar-refractivity contribution is -0.0266. The second kappa shape index (κ2) is 3.35. The minimum Gasteiger partial charge on any atom is -0.378 e. The first-order chi connectivity index (χ1) is 6.87. The average Bonchev–Trinajstić information content (AvgIpc) is 2.17. The fourth-order valence-electron chi connectivity index (χ4n) is 3.24. The molecule has 3 aliphatic carbocycles. The predicted octanol–water partition coefficient (Wildman–Crippen LogP) is 3.79. The van der Waals surface area contributed by atoms with E-state index in [0.29, 0.717) is 5.41 Å². The fourth-order valence-corrected chi connectivity index (χ4v) is 3.24. The van der Waals surface area contributed by atoms with E-state index < -0.39 is 0 Å². The summed E-state index contributed by atoms with van der Waals surface area (Å²) in [6, 6.07) is 0. The van der Waals surface area contributed by atoms with E-state index in [2.05, 4.69) is 33.8 Å². The van der Waals surface area contributed by atoms with Gasteiger partial charge in [-0.3, -0.25) is 0 Å². The zero-order valence-electron chi connectivity index (χ0n) is 10.8. The molecular formula is C14H24O. The minimum absolute atomic E-state index is 0.00431. The zero-order chi connectivity index (χ0) is 11.3. The fraction of sp³-hybridized carbons (Fsp3) is 0.857. The third-order valence-electron chi connectivity index (χ3n) is 4.77. The molecule has 3 rings (SSSR count). The second-order valence-corrected chi connectivity index (χ2v) is 6.46. The van der Waals surface area contributed by atoms with Crippen LogP contribution in [0.2, 0.25) is 0 Å². The molecule has 0 aromatic heterocycles. The highest BCUT2D eigenvalue weighted by Gasteiger charge is 2.51. The summed E-state index contributed by atoms with van der Waals surface area (Å²) in [5.74, 6) is 1.77. The minimum atomic E-state index is 0.00431. The number of fused-ring (bicyclic) bond motifs is 1. The van der Waals surface area contributed by atoms with Crippen LogP contribution in [0.4, 0.5) is 0 Å². The number of methoxy groups -OCH3 is 1. The van der Waals surface area contributed by atoms with Gasteiger partial charge in [0.1, 0.15) is 0 Å². The van der Waals surface area contributed by atoms with Crippen molar-refractivity contribution < 1.29 is 4.74 Å². The molecule has 1 fully saturated rings. The van der Waals surface area contributed by atoms with Crippen LogP contribution in [0.15, 0.2) is 11.6 Å². The van der Waals surface area contributed by atoms with E-state index in [1.807, 2.05) is 7.11 Å². The Balaban J connectivity index is 2.09. The van der Waals surface area contributed by atoms with Gasteiger partial charge in [0, 0.05) is 7.11 Å². The van der Waals surface area contributed by atoms with Crippen LogP contribution in [0.1, 0.15) is 47.0 Å². The van der Waals surface area contributed by atoms with Gasteiger partial charge in [-0.15, -0.1) is 0 Å². The zero-order valence-corrected chi connectivity index (χ0v) is 10.8. The van der Waals surface area contributed by atoms with Crippen molar-refractivity contribution in [3.63, 3.8) is 0 Å². The first-order valence-electron chi connectivity index (χ1n) is 6.11. The molecule has 0 saturated heterocycles. The van der Waals surface area contributed by atoms with Gasteiger partial charge in [0.05, 0.1) is 5.60 Å². The van der Waals surface area contributed by atoms with Crippen LogP contribution < -0.4 is 0 Å². The van der Waals surface area contributed by atoms with E-state index in [9.17, 15) is 0 Å². The van der Waals surface area contributed by atoms with Crippen molar-refractivity contribution in [3.05, 3.63) is 11.6 Å². The van der Waals surface area contributed by atoms with Gasteiger partial charge in [-0.25, -0.2) is 0 Å². The molecule has 3 aliphatic rings. The molecule has 15 heavy (non-hydrogen) atoms. The number of allylic oxidation sites excluding steroid dienone is 1. The lowest BCUT2D eigenvalue weighted by atomic mass is 9.48. The third-order valence-corrected chi connectivity index (χ3v) is 4.77. The lowest BCUT2D eigenvalue weighted by Gasteiger charge is -2.57. The molecular weight excluding hydrogens is 184 g/mol. The molecule has 1 nitrogen and oxygen atoms in total. The van der Waals surface area contributed by atoms with Gasteiger partial charge in [-0.1, -0.05) is 25.5 Å². The van der Waals surface area contributed by atoms with Gasteiger partial charge in [0.15, 0.2) is 0 Å². The SMILES string of the molecule is COC(C)(C)CC1=CC[C@H]2C[C@@H]1C2(C)C. The number of rotatable bonds is 3. The van der Waals surface area contributed by atoms with Gasteiger partial charge < -0.3 is 4.74 Å². The second-order valence-electron chi connectivity index (χ2n) is 6.46. The summed E-state index contributed by atoms with van der Waals surface area (Å²) in [6.07, 6.45) is 6.28. The van der Waals surface area contributed by atoms with E-state index in [0.717, 1.165) is 18.3 Å². The van der Waals surface area contributed by atoms with Gasteiger partial charge in [0.25, 0.3) is 0 Å². The van der Waals surface area contributed by atoms with Crippen LogP contribution >= 0.6 is 0 Å². The maximum absolute atomic E-state index is 5.53. The molecule has 0 aromatic rings. The Morgan fingerprint density at radius 2 is 2.13 bits per heavy atom. The number of ether oxygens (including phenoxy) is 1. The number of hydrogen-bond acceptors (Lipinski definition) is 1. The molecule has 0 aromatic carbocycles. The summed E-state index contributed by atoms with van der Waals surface area (Å²) in [6.45, 7) is 9.23. The summed E-state index contributed by atoms with van der Waals surface area (Å²) in [5.41, 5.74) is 2.20. The molecule has 2 atom stereocenters. The van der Waals surface area contributed by atoms with Crippen molar-refractivity contribution >= 4 is 0 Å². The molecule has 1 heteroatoms. The largest absolute Gasteiger partial charge is 0.378 e. The quantitative estimate of drug-likeness (QED) is 0.641. The Kier molecular flexibility index (Phi) is 2.50. The Morgan fingerprint density at radius 3 is 2.60 bits per heavy atom. The molecule has 0 amide bonds. The Hall–Kier alpha value is -0.300. The van der Waals surface area contributed by atoms with E-state index in [1.165, 1.54) is 12.8 Å².